The Bertz CT molecular complexity index is 956. The van der Waals surface area contributed by atoms with E-state index < -0.39 is 27.7 Å². The molecular weight excluding hydrogens is 348 g/mol. The van der Waals surface area contributed by atoms with Gasteiger partial charge in [0.2, 0.25) is 10.0 Å². The maximum atomic E-state index is 12.7. The summed E-state index contributed by atoms with van der Waals surface area (Å²) in [6.45, 7) is 2.45. The van der Waals surface area contributed by atoms with Gasteiger partial charge in [0.15, 0.2) is 11.7 Å². The molecule has 0 aliphatic carbocycles. The lowest BCUT2D eigenvalue weighted by Gasteiger charge is -2.25. The number of nitrogens with zero attached hydrogens (tertiary/aromatic N) is 4. The molecule has 0 N–H and O–H groups in total. The molecule has 0 spiro atoms. The third-order valence-electron chi connectivity index (χ3n) is 4.37. The maximum absolute atomic E-state index is 12.7. The second-order valence-corrected chi connectivity index (χ2v) is 7.92. The van der Waals surface area contributed by atoms with E-state index in [1.54, 1.807) is 0 Å². The van der Waals surface area contributed by atoms with Crippen LogP contribution in [0.1, 0.15) is 32.2 Å². The predicted octanol–water partition coefficient (Wildman–Crippen LogP) is 0.405. The summed E-state index contributed by atoms with van der Waals surface area (Å²) in [6, 6.07) is 1.98. The second kappa shape index (κ2) is 6.60. The Morgan fingerprint density at radius 2 is 1.92 bits per heavy atom. The molecule has 0 aromatic carbocycles. The van der Waals surface area contributed by atoms with E-state index in [1.165, 1.54) is 36.7 Å². The van der Waals surface area contributed by atoms with Gasteiger partial charge in [0.05, 0.1) is 12.0 Å². The number of ether oxygens (including phenoxy) is 1. The summed E-state index contributed by atoms with van der Waals surface area (Å²) in [7, 11) is -2.43. The normalized spacial score (nSPS) is 17.5. The van der Waals surface area contributed by atoms with Crippen molar-refractivity contribution in [3.63, 3.8) is 0 Å². The van der Waals surface area contributed by atoms with Crippen molar-refractivity contribution in [3.8, 4) is 0 Å². The van der Waals surface area contributed by atoms with Gasteiger partial charge in [-0.25, -0.2) is 22.4 Å². The molecule has 25 heavy (non-hydrogen) atoms. The van der Waals surface area contributed by atoms with Crippen molar-refractivity contribution >= 4 is 21.6 Å². The van der Waals surface area contributed by atoms with Crippen LogP contribution in [-0.4, -0.2) is 53.1 Å². The fraction of sp³-hybridized carbons (Fsp3) is 0.533. The number of esters is 1. The maximum Gasteiger partial charge on any atom is 0.351 e. The van der Waals surface area contributed by atoms with Crippen molar-refractivity contribution in [3.05, 3.63) is 28.8 Å². The molecule has 0 unspecified atom stereocenters. The van der Waals surface area contributed by atoms with Crippen LogP contribution in [0.4, 0.5) is 0 Å². The minimum Gasteiger partial charge on any atom is -0.467 e. The van der Waals surface area contributed by atoms with Crippen LogP contribution in [0.2, 0.25) is 0 Å². The highest BCUT2D eigenvalue weighted by Crippen LogP contribution is 2.20. The van der Waals surface area contributed by atoms with Gasteiger partial charge in [-0.05, 0) is 31.9 Å². The minimum absolute atomic E-state index is 0.0364. The second-order valence-electron chi connectivity index (χ2n) is 5.98. The third kappa shape index (κ3) is 3.07. The molecule has 9 nitrogen and oxygen atoms in total. The average Bonchev–Trinajstić information content (AvgIpc) is 2.97. The van der Waals surface area contributed by atoms with Crippen molar-refractivity contribution < 1.29 is 17.9 Å². The first-order valence-corrected chi connectivity index (χ1v) is 9.49. The summed E-state index contributed by atoms with van der Waals surface area (Å²) < 4.78 is 33.7. The zero-order chi connectivity index (χ0) is 18.2. The van der Waals surface area contributed by atoms with Gasteiger partial charge in [-0.1, -0.05) is 6.42 Å². The van der Waals surface area contributed by atoms with Crippen LogP contribution in [0.5, 0.6) is 0 Å². The van der Waals surface area contributed by atoms with Crippen LogP contribution < -0.4 is 5.69 Å². The topological polar surface area (TPSA) is 103 Å². The lowest BCUT2D eigenvalue weighted by atomic mass is 10.2. The van der Waals surface area contributed by atoms with Gasteiger partial charge < -0.3 is 4.74 Å². The molecular formula is C15H20N4O5S. The Balaban J connectivity index is 2.04. The minimum atomic E-state index is -3.66. The quantitative estimate of drug-likeness (QED) is 0.724. The van der Waals surface area contributed by atoms with Gasteiger partial charge in [-0.2, -0.15) is 8.99 Å². The third-order valence-corrected chi connectivity index (χ3v) is 6.26. The number of piperidine rings is 1. The Kier molecular flexibility index (Phi) is 4.65. The molecule has 1 saturated heterocycles. The van der Waals surface area contributed by atoms with E-state index in [-0.39, 0.29) is 10.5 Å². The lowest BCUT2D eigenvalue weighted by Crippen LogP contribution is -2.36. The number of carbonyl (C=O) groups is 1. The number of hydrogen-bond acceptors (Lipinski definition) is 6. The molecule has 0 bridgehead atoms. The summed E-state index contributed by atoms with van der Waals surface area (Å²) in [5.74, 6) is -0.605. The van der Waals surface area contributed by atoms with Gasteiger partial charge in [-0.15, -0.1) is 5.10 Å². The van der Waals surface area contributed by atoms with Crippen molar-refractivity contribution in [2.24, 2.45) is 0 Å². The Hall–Kier alpha value is -2.20. The molecule has 1 aliphatic heterocycles. The molecule has 0 radical (unpaired) electrons. The summed E-state index contributed by atoms with van der Waals surface area (Å²) >= 11 is 0. The standard InChI is InChI=1S/C15H20N4O5S/c1-11(14(20)24-2)19-15(21)18-10-12(6-7-13(18)16-19)25(22,23)17-8-4-3-5-9-17/h6-7,10-11H,3-5,8-9H2,1-2H3/t11-/m1/s1. The number of aromatic nitrogens is 3. The Morgan fingerprint density at radius 3 is 2.56 bits per heavy atom. The molecule has 10 heteroatoms. The lowest BCUT2D eigenvalue weighted by molar-refractivity contribution is -0.144. The fourth-order valence-electron chi connectivity index (χ4n) is 2.90. The van der Waals surface area contributed by atoms with Crippen LogP contribution in [-0.2, 0) is 19.6 Å². The molecule has 2 aromatic rings. The van der Waals surface area contributed by atoms with Crippen LogP contribution in [0.25, 0.3) is 5.65 Å². The first-order valence-electron chi connectivity index (χ1n) is 8.05. The van der Waals surface area contributed by atoms with Crippen molar-refractivity contribution in [2.45, 2.75) is 37.1 Å². The van der Waals surface area contributed by atoms with Gasteiger partial charge in [-0.3, -0.25) is 0 Å². The molecule has 2 aromatic heterocycles. The molecule has 3 heterocycles. The molecule has 1 fully saturated rings. The van der Waals surface area contributed by atoms with E-state index in [0.717, 1.165) is 28.3 Å². The van der Waals surface area contributed by atoms with Crippen LogP contribution in [0, 0.1) is 0 Å². The van der Waals surface area contributed by atoms with Gasteiger partial charge in [0.1, 0.15) is 0 Å². The highest BCUT2D eigenvalue weighted by atomic mass is 32.2. The van der Waals surface area contributed by atoms with E-state index in [2.05, 4.69) is 9.84 Å². The number of pyridine rings is 1. The highest BCUT2D eigenvalue weighted by Gasteiger charge is 2.27. The largest absolute Gasteiger partial charge is 0.467 e. The number of methoxy groups -OCH3 is 1. The van der Waals surface area contributed by atoms with E-state index in [1.807, 2.05) is 0 Å². The van der Waals surface area contributed by atoms with Gasteiger partial charge in [0.25, 0.3) is 0 Å². The fourth-order valence-corrected chi connectivity index (χ4v) is 4.42. The van der Waals surface area contributed by atoms with Crippen molar-refractivity contribution in [1.82, 2.24) is 18.5 Å². The van der Waals surface area contributed by atoms with Gasteiger partial charge in [0, 0.05) is 19.3 Å². The predicted molar refractivity (Wildman–Crippen MR) is 88.8 cm³/mol. The Labute approximate surface area is 144 Å². The molecule has 136 valence electrons. The summed E-state index contributed by atoms with van der Waals surface area (Å²) in [6.07, 6.45) is 3.93. The van der Waals surface area contributed by atoms with Crippen LogP contribution in [0.3, 0.4) is 0 Å². The van der Waals surface area contributed by atoms with E-state index >= 15 is 0 Å². The molecule has 0 saturated carbocycles. The zero-order valence-electron chi connectivity index (χ0n) is 14.1. The average molecular weight is 368 g/mol. The van der Waals surface area contributed by atoms with Crippen molar-refractivity contribution in [2.75, 3.05) is 20.2 Å². The van der Waals surface area contributed by atoms with Crippen molar-refractivity contribution in [1.29, 1.82) is 0 Å². The Morgan fingerprint density at radius 1 is 1.24 bits per heavy atom. The summed E-state index contributed by atoms with van der Waals surface area (Å²) in [5, 5.41) is 4.07. The zero-order valence-corrected chi connectivity index (χ0v) is 14.9. The van der Waals surface area contributed by atoms with E-state index in [4.69, 9.17) is 0 Å². The first kappa shape index (κ1) is 17.6. The number of rotatable bonds is 4. The molecule has 1 aliphatic rings. The van der Waals surface area contributed by atoms with Crippen LogP contribution >= 0.6 is 0 Å². The first-order chi connectivity index (χ1) is 11.9. The number of hydrogen-bond donors (Lipinski definition) is 0. The SMILES string of the molecule is COC(=O)[C@@H](C)n1nc2ccc(S(=O)(=O)N3CCCCC3)cn2c1=O. The van der Waals surface area contributed by atoms with E-state index in [9.17, 15) is 18.0 Å². The molecule has 3 rings (SSSR count). The number of sulfonamides is 1. The number of fused-ring (bicyclic) bond motifs is 1. The summed E-state index contributed by atoms with van der Waals surface area (Å²) in [4.78, 5) is 24.2. The number of carbonyl (C=O) groups excluding carboxylic acids is 1. The molecule has 1 atom stereocenters. The van der Waals surface area contributed by atoms with Gasteiger partial charge >= 0.3 is 11.7 Å². The smallest absolute Gasteiger partial charge is 0.351 e. The highest BCUT2D eigenvalue weighted by molar-refractivity contribution is 7.89. The monoisotopic (exact) mass is 368 g/mol. The van der Waals surface area contributed by atoms with Crippen LogP contribution in [0.15, 0.2) is 28.0 Å². The molecule has 0 amide bonds. The summed E-state index contributed by atoms with van der Waals surface area (Å²) in [5.41, 5.74) is -0.332. The van der Waals surface area contributed by atoms with E-state index in [0.29, 0.717) is 13.1 Å².